The van der Waals surface area contributed by atoms with Gasteiger partial charge in [-0.2, -0.15) is 0 Å². The van der Waals surface area contributed by atoms with Gasteiger partial charge in [0.25, 0.3) is 0 Å². The molecule has 0 aliphatic heterocycles. The monoisotopic (exact) mass is 208 g/mol. The second-order valence-electron chi connectivity index (χ2n) is 4.24. The van der Waals surface area contributed by atoms with Crippen molar-refractivity contribution in [1.82, 2.24) is 0 Å². The minimum atomic E-state index is 0.254. The summed E-state index contributed by atoms with van der Waals surface area (Å²) in [5.74, 6) is 1.74. The van der Waals surface area contributed by atoms with Gasteiger partial charge in [0.1, 0.15) is 5.75 Å². The Morgan fingerprint density at radius 1 is 1.20 bits per heavy atom. The molecule has 0 amide bonds. The minimum Gasteiger partial charge on any atom is -0.497 e. The van der Waals surface area contributed by atoms with Crippen molar-refractivity contribution in [3.05, 3.63) is 29.8 Å². The first-order chi connectivity index (χ1) is 7.17. The average Bonchev–Trinajstić information content (AvgIpc) is 2.26. The van der Waals surface area contributed by atoms with Crippen LogP contribution in [0, 0.1) is 11.8 Å². The fourth-order valence-electron chi connectivity index (χ4n) is 1.58. The highest BCUT2D eigenvalue weighted by molar-refractivity contribution is 5.27. The second kappa shape index (κ2) is 5.76. The lowest BCUT2D eigenvalue weighted by atomic mass is 9.90. The number of hydrogen-bond donors (Lipinski definition) is 1. The summed E-state index contributed by atoms with van der Waals surface area (Å²) in [5, 5.41) is 9.23. The van der Waals surface area contributed by atoms with Crippen LogP contribution in [0.15, 0.2) is 24.3 Å². The van der Waals surface area contributed by atoms with Crippen molar-refractivity contribution in [2.24, 2.45) is 11.8 Å². The van der Waals surface area contributed by atoms with Crippen LogP contribution in [0.2, 0.25) is 0 Å². The summed E-state index contributed by atoms with van der Waals surface area (Å²) in [5.41, 5.74) is 1.25. The normalized spacial score (nSPS) is 12.9. The Bertz CT molecular complexity index is 277. The van der Waals surface area contributed by atoms with Crippen molar-refractivity contribution in [1.29, 1.82) is 0 Å². The molecule has 0 saturated heterocycles. The van der Waals surface area contributed by atoms with Crippen molar-refractivity contribution >= 4 is 0 Å². The number of rotatable bonds is 5. The van der Waals surface area contributed by atoms with Crippen molar-refractivity contribution in [3.63, 3.8) is 0 Å². The molecule has 0 aliphatic rings. The SMILES string of the molecule is COc1ccc(CC(CO)C(C)C)cc1. The Kier molecular flexibility index (Phi) is 4.63. The van der Waals surface area contributed by atoms with Gasteiger partial charge in [-0.15, -0.1) is 0 Å². The highest BCUT2D eigenvalue weighted by atomic mass is 16.5. The molecule has 1 aromatic rings. The molecule has 0 saturated carbocycles. The van der Waals surface area contributed by atoms with Crippen molar-refractivity contribution < 1.29 is 9.84 Å². The summed E-state index contributed by atoms with van der Waals surface area (Å²) in [6.45, 7) is 4.54. The summed E-state index contributed by atoms with van der Waals surface area (Å²) >= 11 is 0. The van der Waals surface area contributed by atoms with E-state index in [1.165, 1.54) is 5.56 Å². The average molecular weight is 208 g/mol. The molecule has 1 rings (SSSR count). The van der Waals surface area contributed by atoms with E-state index in [1.54, 1.807) is 7.11 Å². The molecule has 0 aromatic heterocycles. The van der Waals surface area contributed by atoms with Crippen LogP contribution in [0.25, 0.3) is 0 Å². The van der Waals surface area contributed by atoms with Gasteiger partial charge in [-0.25, -0.2) is 0 Å². The number of methoxy groups -OCH3 is 1. The zero-order valence-corrected chi connectivity index (χ0v) is 9.73. The third kappa shape index (κ3) is 3.56. The van der Waals surface area contributed by atoms with Crippen LogP contribution >= 0.6 is 0 Å². The summed E-state index contributed by atoms with van der Waals surface area (Å²) in [7, 11) is 1.67. The van der Waals surface area contributed by atoms with E-state index in [4.69, 9.17) is 4.74 Å². The molecular formula is C13H20O2. The van der Waals surface area contributed by atoms with Crippen LogP contribution in [0.1, 0.15) is 19.4 Å². The van der Waals surface area contributed by atoms with Crippen LogP contribution in [0.3, 0.4) is 0 Å². The van der Waals surface area contributed by atoms with Crippen LogP contribution in [-0.2, 0) is 6.42 Å². The fourth-order valence-corrected chi connectivity index (χ4v) is 1.58. The molecule has 15 heavy (non-hydrogen) atoms. The van der Waals surface area contributed by atoms with Gasteiger partial charge in [-0.3, -0.25) is 0 Å². The number of ether oxygens (including phenoxy) is 1. The van der Waals surface area contributed by atoms with Gasteiger partial charge in [0.2, 0.25) is 0 Å². The van der Waals surface area contributed by atoms with E-state index in [0.29, 0.717) is 11.8 Å². The zero-order valence-electron chi connectivity index (χ0n) is 9.73. The van der Waals surface area contributed by atoms with E-state index in [2.05, 4.69) is 26.0 Å². The Morgan fingerprint density at radius 3 is 2.20 bits per heavy atom. The molecule has 1 aromatic carbocycles. The maximum absolute atomic E-state index is 9.23. The van der Waals surface area contributed by atoms with Gasteiger partial charge in [-0.1, -0.05) is 26.0 Å². The predicted octanol–water partition coefficient (Wildman–Crippen LogP) is 2.50. The first-order valence-corrected chi connectivity index (χ1v) is 5.41. The quantitative estimate of drug-likeness (QED) is 0.805. The van der Waals surface area contributed by atoms with Gasteiger partial charge in [-0.05, 0) is 36.0 Å². The molecule has 0 aliphatic carbocycles. The molecule has 0 bridgehead atoms. The number of benzene rings is 1. The maximum atomic E-state index is 9.23. The highest BCUT2D eigenvalue weighted by Crippen LogP contribution is 2.18. The summed E-state index contributed by atoms with van der Waals surface area (Å²) in [6.07, 6.45) is 0.929. The lowest BCUT2D eigenvalue weighted by molar-refractivity contribution is 0.189. The van der Waals surface area contributed by atoms with E-state index in [0.717, 1.165) is 12.2 Å². The number of hydrogen-bond acceptors (Lipinski definition) is 2. The lowest BCUT2D eigenvalue weighted by Crippen LogP contribution is -2.16. The van der Waals surface area contributed by atoms with Gasteiger partial charge in [0.15, 0.2) is 0 Å². The van der Waals surface area contributed by atoms with E-state index >= 15 is 0 Å². The lowest BCUT2D eigenvalue weighted by Gasteiger charge is -2.18. The molecule has 0 heterocycles. The van der Waals surface area contributed by atoms with E-state index in [9.17, 15) is 5.11 Å². The summed E-state index contributed by atoms with van der Waals surface area (Å²) < 4.78 is 5.10. The van der Waals surface area contributed by atoms with Gasteiger partial charge in [0.05, 0.1) is 7.11 Å². The van der Waals surface area contributed by atoms with Crippen LogP contribution in [-0.4, -0.2) is 18.8 Å². The summed E-state index contributed by atoms with van der Waals surface area (Å²) in [4.78, 5) is 0. The fraction of sp³-hybridized carbons (Fsp3) is 0.538. The van der Waals surface area contributed by atoms with Gasteiger partial charge >= 0.3 is 0 Å². The molecule has 0 spiro atoms. The molecule has 84 valence electrons. The zero-order chi connectivity index (χ0) is 11.3. The largest absolute Gasteiger partial charge is 0.497 e. The van der Waals surface area contributed by atoms with Gasteiger partial charge < -0.3 is 9.84 Å². The molecule has 1 unspecified atom stereocenters. The predicted molar refractivity (Wildman–Crippen MR) is 62.1 cm³/mol. The van der Waals surface area contributed by atoms with E-state index < -0.39 is 0 Å². The standard InChI is InChI=1S/C13H20O2/c1-10(2)12(9-14)8-11-4-6-13(15-3)7-5-11/h4-7,10,12,14H,8-9H2,1-3H3. The van der Waals surface area contributed by atoms with Crippen LogP contribution in [0.5, 0.6) is 5.75 Å². The molecule has 1 N–H and O–H groups in total. The first kappa shape index (κ1) is 12.1. The third-order valence-corrected chi connectivity index (χ3v) is 2.83. The Hall–Kier alpha value is -1.02. The topological polar surface area (TPSA) is 29.5 Å². The van der Waals surface area contributed by atoms with Crippen molar-refractivity contribution in [3.8, 4) is 5.75 Å². The second-order valence-corrected chi connectivity index (χ2v) is 4.24. The van der Waals surface area contributed by atoms with E-state index in [-0.39, 0.29) is 6.61 Å². The Balaban J connectivity index is 2.63. The number of aliphatic hydroxyl groups is 1. The van der Waals surface area contributed by atoms with Crippen molar-refractivity contribution in [2.45, 2.75) is 20.3 Å². The van der Waals surface area contributed by atoms with Crippen LogP contribution < -0.4 is 4.74 Å². The minimum absolute atomic E-state index is 0.254. The molecule has 1 atom stereocenters. The highest BCUT2D eigenvalue weighted by Gasteiger charge is 2.12. The third-order valence-electron chi connectivity index (χ3n) is 2.83. The smallest absolute Gasteiger partial charge is 0.118 e. The van der Waals surface area contributed by atoms with E-state index in [1.807, 2.05) is 12.1 Å². The number of aliphatic hydroxyl groups excluding tert-OH is 1. The Morgan fingerprint density at radius 2 is 1.80 bits per heavy atom. The van der Waals surface area contributed by atoms with Gasteiger partial charge in [0, 0.05) is 6.61 Å². The molecule has 0 fully saturated rings. The molecular weight excluding hydrogens is 188 g/mol. The molecule has 2 nitrogen and oxygen atoms in total. The van der Waals surface area contributed by atoms with Crippen LogP contribution in [0.4, 0.5) is 0 Å². The summed E-state index contributed by atoms with van der Waals surface area (Å²) in [6, 6.07) is 8.04. The molecule has 2 heteroatoms. The maximum Gasteiger partial charge on any atom is 0.118 e. The molecule has 0 radical (unpaired) electrons. The first-order valence-electron chi connectivity index (χ1n) is 5.41. The van der Waals surface area contributed by atoms with Crippen molar-refractivity contribution in [2.75, 3.05) is 13.7 Å². The Labute approximate surface area is 91.9 Å².